The molecule has 1 heterocycles. The zero-order valence-corrected chi connectivity index (χ0v) is 12.0. The van der Waals surface area contributed by atoms with Gasteiger partial charge < -0.3 is 10.6 Å². The van der Waals surface area contributed by atoms with E-state index in [9.17, 15) is 4.79 Å². The van der Waals surface area contributed by atoms with Crippen molar-refractivity contribution in [3.8, 4) is 0 Å². The van der Waals surface area contributed by atoms with Crippen molar-refractivity contribution in [2.24, 2.45) is 0 Å². The van der Waals surface area contributed by atoms with Crippen LogP contribution in [0, 0.1) is 0 Å². The molecule has 102 valence electrons. The lowest BCUT2D eigenvalue weighted by atomic mass is 9.99. The summed E-state index contributed by atoms with van der Waals surface area (Å²) in [7, 11) is 0. The monoisotopic (exact) mass is 282 g/mol. The Labute approximate surface area is 117 Å². The molecule has 0 spiro atoms. The second-order valence-corrected chi connectivity index (χ2v) is 4.24. The van der Waals surface area contributed by atoms with E-state index in [1.165, 1.54) is 0 Å². The summed E-state index contributed by atoms with van der Waals surface area (Å²) in [6.07, 6.45) is 6.56. The van der Waals surface area contributed by atoms with E-state index in [1.54, 1.807) is 0 Å². The molecule has 0 bridgehead atoms. The molecule has 2 unspecified atom stereocenters. The average molecular weight is 283 g/mol. The standard InChI is InChI=1S/C12H22N2O.2ClH/c1-3-4-5-8-12(15)14-11-7-6-9-13-10(11)2;;/h3,10-11,13H,1,4-9H2,2H3,(H,14,15);2*1H. The Morgan fingerprint density at radius 2 is 2.24 bits per heavy atom. The summed E-state index contributed by atoms with van der Waals surface area (Å²) in [5, 5.41) is 6.47. The minimum atomic E-state index is 0. The summed E-state index contributed by atoms with van der Waals surface area (Å²) >= 11 is 0. The maximum atomic E-state index is 11.6. The van der Waals surface area contributed by atoms with Crippen LogP contribution < -0.4 is 10.6 Å². The van der Waals surface area contributed by atoms with E-state index in [0.717, 1.165) is 32.2 Å². The molecular weight excluding hydrogens is 259 g/mol. The van der Waals surface area contributed by atoms with Gasteiger partial charge in [0.1, 0.15) is 0 Å². The highest BCUT2D eigenvalue weighted by atomic mass is 35.5. The average Bonchev–Trinajstić information content (AvgIpc) is 2.22. The molecule has 1 amide bonds. The number of carbonyl (C=O) groups excluding carboxylic acids is 1. The third kappa shape index (κ3) is 7.63. The van der Waals surface area contributed by atoms with Gasteiger partial charge in [0.2, 0.25) is 5.91 Å². The molecular formula is C12H24Cl2N2O. The molecule has 1 aliphatic heterocycles. The Kier molecular flexibility index (Phi) is 12.2. The third-order valence-electron chi connectivity index (χ3n) is 2.92. The molecule has 1 aliphatic rings. The molecule has 0 radical (unpaired) electrons. The van der Waals surface area contributed by atoms with Crippen molar-refractivity contribution in [2.45, 2.75) is 51.1 Å². The van der Waals surface area contributed by atoms with Crippen LogP contribution in [0.15, 0.2) is 12.7 Å². The van der Waals surface area contributed by atoms with E-state index in [2.05, 4.69) is 24.1 Å². The van der Waals surface area contributed by atoms with Crippen LogP contribution in [-0.2, 0) is 4.79 Å². The van der Waals surface area contributed by atoms with Crippen LogP contribution in [0.1, 0.15) is 39.0 Å². The van der Waals surface area contributed by atoms with Crippen LogP contribution in [0.25, 0.3) is 0 Å². The second kappa shape index (κ2) is 10.9. The quantitative estimate of drug-likeness (QED) is 0.601. The number of hydrogen-bond donors (Lipinski definition) is 2. The minimum absolute atomic E-state index is 0. The highest BCUT2D eigenvalue weighted by molar-refractivity contribution is 5.85. The van der Waals surface area contributed by atoms with Crippen molar-refractivity contribution < 1.29 is 4.79 Å². The third-order valence-corrected chi connectivity index (χ3v) is 2.92. The molecule has 1 rings (SSSR count). The summed E-state index contributed by atoms with van der Waals surface area (Å²) in [4.78, 5) is 11.6. The molecule has 0 saturated carbocycles. The molecule has 5 heteroatoms. The van der Waals surface area contributed by atoms with Crippen LogP contribution in [0.3, 0.4) is 0 Å². The smallest absolute Gasteiger partial charge is 0.220 e. The first-order valence-electron chi connectivity index (χ1n) is 5.87. The lowest BCUT2D eigenvalue weighted by Crippen LogP contribution is -2.51. The van der Waals surface area contributed by atoms with Crippen LogP contribution >= 0.6 is 24.8 Å². The highest BCUT2D eigenvalue weighted by Gasteiger charge is 2.21. The van der Waals surface area contributed by atoms with Crippen molar-refractivity contribution in [3.05, 3.63) is 12.7 Å². The minimum Gasteiger partial charge on any atom is -0.352 e. The van der Waals surface area contributed by atoms with Crippen molar-refractivity contribution in [2.75, 3.05) is 6.54 Å². The van der Waals surface area contributed by atoms with E-state index in [-0.39, 0.29) is 30.7 Å². The maximum Gasteiger partial charge on any atom is 0.220 e. The van der Waals surface area contributed by atoms with Gasteiger partial charge in [0, 0.05) is 18.5 Å². The maximum absolute atomic E-state index is 11.6. The van der Waals surface area contributed by atoms with E-state index in [0.29, 0.717) is 18.5 Å². The number of nitrogens with one attached hydrogen (secondary N) is 2. The molecule has 0 aliphatic carbocycles. The number of unbranched alkanes of at least 4 members (excludes halogenated alkanes) is 1. The summed E-state index contributed by atoms with van der Waals surface area (Å²) in [6.45, 7) is 6.85. The SMILES string of the molecule is C=CCCCC(=O)NC1CCCNC1C.Cl.Cl. The van der Waals surface area contributed by atoms with Gasteiger partial charge in [-0.15, -0.1) is 31.4 Å². The molecule has 2 N–H and O–H groups in total. The van der Waals surface area contributed by atoms with Crippen molar-refractivity contribution in [3.63, 3.8) is 0 Å². The molecule has 1 saturated heterocycles. The fraction of sp³-hybridized carbons (Fsp3) is 0.750. The van der Waals surface area contributed by atoms with Crippen molar-refractivity contribution >= 4 is 30.7 Å². The van der Waals surface area contributed by atoms with Gasteiger partial charge >= 0.3 is 0 Å². The predicted octanol–water partition coefficient (Wildman–Crippen LogP) is 2.44. The van der Waals surface area contributed by atoms with Crippen LogP contribution in [0.5, 0.6) is 0 Å². The fourth-order valence-corrected chi connectivity index (χ4v) is 1.93. The van der Waals surface area contributed by atoms with E-state index >= 15 is 0 Å². The van der Waals surface area contributed by atoms with E-state index < -0.39 is 0 Å². The van der Waals surface area contributed by atoms with Crippen molar-refractivity contribution in [1.29, 1.82) is 0 Å². The van der Waals surface area contributed by atoms with Gasteiger partial charge in [-0.3, -0.25) is 4.79 Å². The molecule has 0 aromatic rings. The zero-order valence-electron chi connectivity index (χ0n) is 10.4. The van der Waals surface area contributed by atoms with Crippen LogP contribution in [-0.4, -0.2) is 24.5 Å². The molecule has 0 aromatic carbocycles. The summed E-state index contributed by atoms with van der Waals surface area (Å²) in [5.74, 6) is 0.178. The Bertz CT molecular complexity index is 225. The molecule has 2 atom stereocenters. The van der Waals surface area contributed by atoms with Gasteiger partial charge in [0.05, 0.1) is 0 Å². The Hall–Kier alpha value is -0.250. The Balaban J connectivity index is 0. The van der Waals surface area contributed by atoms with Gasteiger partial charge in [0.25, 0.3) is 0 Å². The first-order chi connectivity index (χ1) is 7.24. The summed E-state index contributed by atoms with van der Waals surface area (Å²) in [5.41, 5.74) is 0. The van der Waals surface area contributed by atoms with Gasteiger partial charge in [-0.1, -0.05) is 6.08 Å². The number of amides is 1. The zero-order chi connectivity index (χ0) is 11.1. The molecule has 3 nitrogen and oxygen atoms in total. The number of rotatable bonds is 5. The number of piperidine rings is 1. The van der Waals surface area contributed by atoms with E-state index in [1.807, 2.05) is 6.08 Å². The van der Waals surface area contributed by atoms with Crippen LogP contribution in [0.2, 0.25) is 0 Å². The molecule has 17 heavy (non-hydrogen) atoms. The number of halogens is 2. The molecule has 0 aromatic heterocycles. The first kappa shape index (κ1) is 19.1. The number of carbonyl (C=O) groups is 1. The lowest BCUT2D eigenvalue weighted by molar-refractivity contribution is -0.122. The number of hydrogen-bond acceptors (Lipinski definition) is 2. The Morgan fingerprint density at radius 1 is 1.53 bits per heavy atom. The summed E-state index contributed by atoms with van der Waals surface area (Å²) < 4.78 is 0. The number of allylic oxidation sites excluding steroid dienone is 1. The first-order valence-corrected chi connectivity index (χ1v) is 5.87. The predicted molar refractivity (Wildman–Crippen MR) is 77.2 cm³/mol. The fourth-order valence-electron chi connectivity index (χ4n) is 1.93. The second-order valence-electron chi connectivity index (χ2n) is 4.24. The normalized spacial score (nSPS) is 22.9. The Morgan fingerprint density at radius 3 is 2.82 bits per heavy atom. The largest absolute Gasteiger partial charge is 0.352 e. The topological polar surface area (TPSA) is 41.1 Å². The van der Waals surface area contributed by atoms with Crippen molar-refractivity contribution in [1.82, 2.24) is 10.6 Å². The van der Waals surface area contributed by atoms with Gasteiger partial charge in [-0.05, 0) is 39.2 Å². The summed E-state index contributed by atoms with van der Waals surface area (Å²) in [6, 6.07) is 0.720. The molecule has 1 fully saturated rings. The van der Waals surface area contributed by atoms with Gasteiger partial charge in [-0.25, -0.2) is 0 Å². The highest BCUT2D eigenvalue weighted by Crippen LogP contribution is 2.08. The van der Waals surface area contributed by atoms with Gasteiger partial charge in [-0.2, -0.15) is 0 Å². The van der Waals surface area contributed by atoms with Gasteiger partial charge in [0.15, 0.2) is 0 Å². The lowest BCUT2D eigenvalue weighted by Gasteiger charge is -2.30. The van der Waals surface area contributed by atoms with E-state index in [4.69, 9.17) is 0 Å². The van der Waals surface area contributed by atoms with Crippen LogP contribution in [0.4, 0.5) is 0 Å².